The highest BCUT2D eigenvalue weighted by Gasteiger charge is 2.16. The summed E-state index contributed by atoms with van der Waals surface area (Å²) in [5.41, 5.74) is 2.32. The molecule has 3 rings (SSSR count). The molecule has 0 spiro atoms. The Balaban J connectivity index is 2.22. The molecule has 7 heteroatoms. The Bertz CT molecular complexity index is 709. The molecule has 0 aliphatic rings. The minimum Gasteiger partial charge on any atom is -0.477 e. The fourth-order valence-electron chi connectivity index (χ4n) is 1.76. The predicted octanol–water partition coefficient (Wildman–Crippen LogP) is 1.79. The lowest BCUT2D eigenvalue weighted by atomic mass is 10.2. The van der Waals surface area contributed by atoms with Gasteiger partial charge in [-0.05, 0) is 6.92 Å². The number of fused-ring (bicyclic) bond motifs is 1. The highest BCUT2D eigenvalue weighted by molar-refractivity contribution is 7.15. The van der Waals surface area contributed by atoms with E-state index >= 15 is 0 Å². The molecule has 3 aromatic rings. The zero-order valence-corrected chi connectivity index (χ0v) is 9.65. The third kappa shape index (κ3) is 1.43. The SMILES string of the molecule is Cc1nc2sccn2c1-c1cc(C(=O)O)[nH]n1. The number of hydrogen-bond donors (Lipinski definition) is 2. The van der Waals surface area contributed by atoms with Gasteiger partial charge in [0.1, 0.15) is 11.4 Å². The zero-order valence-electron chi connectivity index (χ0n) is 8.84. The lowest BCUT2D eigenvalue weighted by Crippen LogP contribution is -1.95. The third-order valence-corrected chi connectivity index (χ3v) is 3.24. The minimum atomic E-state index is -1.02. The summed E-state index contributed by atoms with van der Waals surface area (Å²) in [5, 5.41) is 17.3. The van der Waals surface area contributed by atoms with Gasteiger partial charge in [-0.15, -0.1) is 11.3 Å². The number of carboxylic acids is 1. The molecular weight excluding hydrogens is 240 g/mol. The average molecular weight is 248 g/mol. The minimum absolute atomic E-state index is 0.0737. The van der Waals surface area contributed by atoms with E-state index in [1.807, 2.05) is 22.9 Å². The van der Waals surface area contributed by atoms with Crippen molar-refractivity contribution in [3.8, 4) is 11.4 Å². The second-order valence-corrected chi connectivity index (χ2v) is 4.45. The molecule has 3 aromatic heterocycles. The van der Waals surface area contributed by atoms with Crippen LogP contribution in [0.5, 0.6) is 0 Å². The molecule has 0 radical (unpaired) electrons. The molecule has 0 aliphatic carbocycles. The van der Waals surface area contributed by atoms with Crippen molar-refractivity contribution in [3.05, 3.63) is 29.0 Å². The number of aromatic carboxylic acids is 1. The molecular formula is C10H8N4O2S. The lowest BCUT2D eigenvalue weighted by Gasteiger charge is -1.94. The number of nitrogens with zero attached hydrogens (tertiary/aromatic N) is 3. The molecule has 0 aromatic carbocycles. The largest absolute Gasteiger partial charge is 0.477 e. The summed E-state index contributed by atoms with van der Waals surface area (Å²) in [4.78, 5) is 16.0. The van der Waals surface area contributed by atoms with E-state index in [9.17, 15) is 4.79 Å². The number of aromatic amines is 1. The Kier molecular flexibility index (Phi) is 2.02. The summed E-state index contributed by atoms with van der Waals surface area (Å²) in [6.07, 6.45) is 1.89. The fourth-order valence-corrected chi connectivity index (χ4v) is 2.51. The van der Waals surface area contributed by atoms with Crippen molar-refractivity contribution < 1.29 is 9.90 Å². The molecule has 0 bridgehead atoms. The first-order valence-electron chi connectivity index (χ1n) is 4.88. The van der Waals surface area contributed by atoms with Crippen LogP contribution >= 0.6 is 11.3 Å². The predicted molar refractivity (Wildman–Crippen MR) is 62.3 cm³/mol. The van der Waals surface area contributed by atoms with Crippen LogP contribution in [0.3, 0.4) is 0 Å². The monoisotopic (exact) mass is 248 g/mol. The first-order valence-corrected chi connectivity index (χ1v) is 5.76. The fraction of sp³-hybridized carbons (Fsp3) is 0.100. The van der Waals surface area contributed by atoms with Crippen LogP contribution in [0, 0.1) is 6.92 Å². The van der Waals surface area contributed by atoms with E-state index in [0.717, 1.165) is 16.3 Å². The standard InChI is InChI=1S/C10H8N4O2S/c1-5-8(14-2-3-17-10(14)11-5)6-4-7(9(15)16)13-12-6/h2-4H,1H3,(H,12,13)(H,15,16). The number of aryl methyl sites for hydroxylation is 1. The zero-order chi connectivity index (χ0) is 12.0. The van der Waals surface area contributed by atoms with Crippen LogP contribution in [-0.2, 0) is 0 Å². The van der Waals surface area contributed by atoms with Gasteiger partial charge in [-0.1, -0.05) is 0 Å². The van der Waals surface area contributed by atoms with Crippen molar-refractivity contribution in [2.24, 2.45) is 0 Å². The van der Waals surface area contributed by atoms with Crippen LogP contribution in [0.1, 0.15) is 16.2 Å². The Labute approximate surface area is 99.5 Å². The topological polar surface area (TPSA) is 83.3 Å². The van der Waals surface area contributed by atoms with Gasteiger partial charge in [-0.25, -0.2) is 9.78 Å². The number of aromatic nitrogens is 4. The number of imidazole rings is 1. The van der Waals surface area contributed by atoms with E-state index in [1.54, 1.807) is 0 Å². The number of carbonyl (C=O) groups is 1. The van der Waals surface area contributed by atoms with Crippen LogP contribution in [0.25, 0.3) is 16.3 Å². The van der Waals surface area contributed by atoms with Gasteiger partial charge in [0.25, 0.3) is 0 Å². The molecule has 0 saturated carbocycles. The lowest BCUT2D eigenvalue weighted by molar-refractivity contribution is 0.0690. The maximum atomic E-state index is 10.8. The molecule has 3 heterocycles. The summed E-state index contributed by atoms with van der Waals surface area (Å²) in [5.74, 6) is -1.02. The quantitative estimate of drug-likeness (QED) is 0.724. The molecule has 86 valence electrons. The highest BCUT2D eigenvalue weighted by Crippen LogP contribution is 2.25. The van der Waals surface area contributed by atoms with Gasteiger partial charge in [0, 0.05) is 17.6 Å². The van der Waals surface area contributed by atoms with E-state index in [-0.39, 0.29) is 5.69 Å². The molecule has 17 heavy (non-hydrogen) atoms. The van der Waals surface area contributed by atoms with Gasteiger partial charge in [-0.3, -0.25) is 9.50 Å². The van der Waals surface area contributed by atoms with Crippen LogP contribution in [0.4, 0.5) is 0 Å². The van der Waals surface area contributed by atoms with Crippen LogP contribution in [0.2, 0.25) is 0 Å². The number of H-pyrrole nitrogens is 1. The number of carboxylic acid groups (broad SMARTS) is 1. The smallest absolute Gasteiger partial charge is 0.353 e. The number of thiazole rings is 1. The highest BCUT2D eigenvalue weighted by atomic mass is 32.1. The maximum Gasteiger partial charge on any atom is 0.353 e. The van der Waals surface area contributed by atoms with E-state index in [2.05, 4.69) is 15.2 Å². The van der Waals surface area contributed by atoms with Gasteiger partial charge in [0.2, 0.25) is 0 Å². The Morgan fingerprint density at radius 2 is 2.41 bits per heavy atom. The van der Waals surface area contributed by atoms with Crippen molar-refractivity contribution in [1.29, 1.82) is 0 Å². The first kappa shape index (κ1) is 10.0. The van der Waals surface area contributed by atoms with Gasteiger partial charge >= 0.3 is 5.97 Å². The maximum absolute atomic E-state index is 10.8. The second-order valence-electron chi connectivity index (χ2n) is 3.57. The number of rotatable bonds is 2. The third-order valence-electron chi connectivity index (χ3n) is 2.49. The van der Waals surface area contributed by atoms with E-state index in [1.165, 1.54) is 17.4 Å². The van der Waals surface area contributed by atoms with Gasteiger partial charge < -0.3 is 5.11 Å². The van der Waals surface area contributed by atoms with Crippen molar-refractivity contribution in [2.75, 3.05) is 0 Å². The van der Waals surface area contributed by atoms with Crippen molar-refractivity contribution in [3.63, 3.8) is 0 Å². The van der Waals surface area contributed by atoms with Crippen LogP contribution in [-0.4, -0.2) is 30.7 Å². The molecule has 0 atom stereocenters. The first-order chi connectivity index (χ1) is 8.16. The molecule has 0 aliphatic heterocycles. The van der Waals surface area contributed by atoms with Gasteiger partial charge in [0.05, 0.1) is 11.4 Å². The summed E-state index contributed by atoms with van der Waals surface area (Å²) >= 11 is 1.53. The summed E-state index contributed by atoms with van der Waals surface area (Å²) in [6, 6.07) is 1.51. The Morgan fingerprint density at radius 3 is 3.12 bits per heavy atom. The number of hydrogen-bond acceptors (Lipinski definition) is 4. The summed E-state index contributed by atoms with van der Waals surface area (Å²) in [7, 11) is 0. The molecule has 0 fully saturated rings. The van der Waals surface area contributed by atoms with Crippen molar-refractivity contribution >= 4 is 22.3 Å². The van der Waals surface area contributed by atoms with Crippen molar-refractivity contribution in [2.45, 2.75) is 6.92 Å². The van der Waals surface area contributed by atoms with E-state index < -0.39 is 5.97 Å². The van der Waals surface area contributed by atoms with Gasteiger partial charge in [-0.2, -0.15) is 5.10 Å². The Hall–Kier alpha value is -2.15. The molecule has 0 saturated heterocycles. The van der Waals surface area contributed by atoms with Crippen molar-refractivity contribution in [1.82, 2.24) is 19.6 Å². The van der Waals surface area contributed by atoms with E-state index in [0.29, 0.717) is 5.69 Å². The van der Waals surface area contributed by atoms with Crippen LogP contribution < -0.4 is 0 Å². The van der Waals surface area contributed by atoms with Gasteiger partial charge in [0.15, 0.2) is 4.96 Å². The summed E-state index contributed by atoms with van der Waals surface area (Å²) in [6.45, 7) is 1.88. The normalized spacial score (nSPS) is 11.1. The van der Waals surface area contributed by atoms with Crippen LogP contribution in [0.15, 0.2) is 17.6 Å². The summed E-state index contributed by atoms with van der Waals surface area (Å²) < 4.78 is 1.90. The molecule has 2 N–H and O–H groups in total. The second kappa shape index (κ2) is 3.42. The van der Waals surface area contributed by atoms with E-state index in [4.69, 9.17) is 5.11 Å². The average Bonchev–Trinajstić information content (AvgIpc) is 2.91. The molecule has 6 nitrogen and oxygen atoms in total. The molecule has 0 unspecified atom stereocenters. The Morgan fingerprint density at radius 1 is 1.59 bits per heavy atom. The molecule has 0 amide bonds. The number of nitrogens with one attached hydrogen (secondary N) is 1.